The van der Waals surface area contributed by atoms with Crippen molar-refractivity contribution in [3.8, 4) is 17.2 Å². The number of hydrogen-bond acceptors (Lipinski definition) is 4. The maximum Gasteiger partial charge on any atom is 0.355 e. The van der Waals surface area contributed by atoms with Crippen LogP contribution in [-0.4, -0.2) is 31.4 Å². The summed E-state index contributed by atoms with van der Waals surface area (Å²) in [6.07, 6.45) is 0. The van der Waals surface area contributed by atoms with E-state index in [0.717, 1.165) is 16.6 Å². The number of para-hydroxylation sites is 1. The summed E-state index contributed by atoms with van der Waals surface area (Å²) in [6, 6.07) is 15.2. The van der Waals surface area contributed by atoms with Gasteiger partial charge in [-0.2, -0.15) is 0 Å². The molecule has 0 amide bonds. The van der Waals surface area contributed by atoms with Crippen LogP contribution in [0.1, 0.15) is 17.4 Å². The monoisotopic (exact) mass is 325 g/mol. The van der Waals surface area contributed by atoms with E-state index in [1.807, 2.05) is 53.1 Å². The fraction of sp³-hybridized carbons (Fsp3) is 0.211. The number of rotatable bonds is 5. The van der Waals surface area contributed by atoms with Crippen LogP contribution < -0.4 is 9.47 Å². The summed E-state index contributed by atoms with van der Waals surface area (Å²) in [5, 5.41) is 0.968. The van der Waals surface area contributed by atoms with Crippen LogP contribution in [0, 0.1) is 0 Å². The fourth-order valence-corrected chi connectivity index (χ4v) is 2.75. The van der Waals surface area contributed by atoms with E-state index in [1.54, 1.807) is 21.1 Å². The molecule has 124 valence electrons. The van der Waals surface area contributed by atoms with Crippen LogP contribution in [0.3, 0.4) is 0 Å². The molecule has 24 heavy (non-hydrogen) atoms. The number of ether oxygens (including phenoxy) is 3. The van der Waals surface area contributed by atoms with Crippen molar-refractivity contribution in [3.05, 3.63) is 54.2 Å². The highest BCUT2D eigenvalue weighted by atomic mass is 16.5. The minimum Gasteiger partial charge on any atom is -0.493 e. The van der Waals surface area contributed by atoms with Gasteiger partial charge in [0.25, 0.3) is 0 Å². The van der Waals surface area contributed by atoms with Crippen LogP contribution in [0.4, 0.5) is 0 Å². The summed E-state index contributed by atoms with van der Waals surface area (Å²) >= 11 is 0. The van der Waals surface area contributed by atoms with Crippen LogP contribution in [0.2, 0.25) is 0 Å². The first-order chi connectivity index (χ1) is 11.7. The quantitative estimate of drug-likeness (QED) is 0.669. The van der Waals surface area contributed by atoms with Gasteiger partial charge >= 0.3 is 5.97 Å². The minimum absolute atomic E-state index is 0.326. The Kier molecular flexibility index (Phi) is 4.42. The second-order valence-corrected chi connectivity index (χ2v) is 5.18. The smallest absolute Gasteiger partial charge is 0.355 e. The lowest BCUT2D eigenvalue weighted by Crippen LogP contribution is -2.11. The van der Waals surface area contributed by atoms with Gasteiger partial charge in [0, 0.05) is 11.5 Å². The Hall–Kier alpha value is -2.95. The molecule has 0 saturated heterocycles. The molecule has 0 spiro atoms. The molecule has 0 aliphatic rings. The van der Waals surface area contributed by atoms with Gasteiger partial charge in [0.2, 0.25) is 0 Å². The fourth-order valence-electron chi connectivity index (χ4n) is 2.75. The standard InChI is InChI=1S/C19H19NO4/c1-4-24-19(21)16-11-13-7-5-6-8-15(13)20(16)14-9-10-17(22-2)18(12-14)23-3/h5-12H,4H2,1-3H3. The number of hydrogen-bond donors (Lipinski definition) is 0. The van der Waals surface area contributed by atoms with Crippen LogP contribution in [0.15, 0.2) is 48.5 Å². The number of fused-ring (bicyclic) bond motifs is 1. The van der Waals surface area contributed by atoms with Crippen molar-refractivity contribution in [2.45, 2.75) is 6.92 Å². The molecule has 3 rings (SSSR count). The molecule has 0 atom stereocenters. The topological polar surface area (TPSA) is 49.7 Å². The highest BCUT2D eigenvalue weighted by molar-refractivity contribution is 5.97. The zero-order valence-electron chi connectivity index (χ0n) is 13.9. The maximum atomic E-state index is 12.4. The van der Waals surface area contributed by atoms with E-state index < -0.39 is 0 Å². The van der Waals surface area contributed by atoms with E-state index in [1.165, 1.54) is 0 Å². The largest absolute Gasteiger partial charge is 0.493 e. The molecule has 5 nitrogen and oxygen atoms in total. The van der Waals surface area contributed by atoms with Crippen LogP contribution >= 0.6 is 0 Å². The van der Waals surface area contributed by atoms with E-state index in [4.69, 9.17) is 14.2 Å². The molecular weight excluding hydrogens is 306 g/mol. The Labute approximate surface area is 140 Å². The first-order valence-corrected chi connectivity index (χ1v) is 7.69. The molecule has 1 aromatic heterocycles. The van der Waals surface area contributed by atoms with Crippen LogP contribution in [0.25, 0.3) is 16.6 Å². The molecule has 0 aliphatic heterocycles. The van der Waals surface area contributed by atoms with Crippen molar-refractivity contribution < 1.29 is 19.0 Å². The normalized spacial score (nSPS) is 10.6. The molecule has 0 saturated carbocycles. The molecule has 0 unspecified atom stereocenters. The third kappa shape index (κ3) is 2.69. The molecule has 3 aromatic rings. The van der Waals surface area contributed by atoms with E-state index in [2.05, 4.69) is 0 Å². The van der Waals surface area contributed by atoms with Crippen LogP contribution in [-0.2, 0) is 4.74 Å². The van der Waals surface area contributed by atoms with E-state index in [0.29, 0.717) is 23.8 Å². The van der Waals surface area contributed by atoms with Gasteiger partial charge in [-0.3, -0.25) is 0 Å². The maximum absolute atomic E-state index is 12.4. The molecule has 0 aliphatic carbocycles. The van der Waals surface area contributed by atoms with Gasteiger partial charge < -0.3 is 18.8 Å². The number of aromatic nitrogens is 1. The molecular formula is C19H19NO4. The van der Waals surface area contributed by atoms with Gasteiger partial charge in [-0.15, -0.1) is 0 Å². The molecule has 0 radical (unpaired) electrons. The zero-order chi connectivity index (χ0) is 17.1. The van der Waals surface area contributed by atoms with Crippen molar-refractivity contribution in [2.75, 3.05) is 20.8 Å². The van der Waals surface area contributed by atoms with Crippen molar-refractivity contribution in [3.63, 3.8) is 0 Å². The van der Waals surface area contributed by atoms with Gasteiger partial charge in [-0.05, 0) is 31.2 Å². The summed E-state index contributed by atoms with van der Waals surface area (Å²) in [7, 11) is 3.17. The lowest BCUT2D eigenvalue weighted by Gasteiger charge is -2.13. The van der Waals surface area contributed by atoms with Gasteiger partial charge in [0.05, 0.1) is 32.0 Å². The number of carbonyl (C=O) groups excluding carboxylic acids is 1. The highest BCUT2D eigenvalue weighted by Crippen LogP contribution is 2.32. The van der Waals surface area contributed by atoms with E-state index in [9.17, 15) is 4.79 Å². The Morgan fingerprint density at radius 2 is 1.75 bits per heavy atom. The summed E-state index contributed by atoms with van der Waals surface area (Å²) in [5.74, 6) is 0.876. The Balaban J connectivity index is 2.24. The average molecular weight is 325 g/mol. The second kappa shape index (κ2) is 6.66. The Morgan fingerprint density at radius 3 is 2.46 bits per heavy atom. The van der Waals surface area contributed by atoms with Gasteiger partial charge in [0.15, 0.2) is 11.5 Å². The minimum atomic E-state index is -0.358. The van der Waals surface area contributed by atoms with Gasteiger partial charge in [-0.25, -0.2) is 4.79 Å². The number of methoxy groups -OCH3 is 2. The van der Waals surface area contributed by atoms with Crippen molar-refractivity contribution in [2.24, 2.45) is 0 Å². The first kappa shape index (κ1) is 15.9. The number of benzene rings is 2. The van der Waals surface area contributed by atoms with Gasteiger partial charge in [-0.1, -0.05) is 18.2 Å². The number of nitrogens with zero attached hydrogens (tertiary/aromatic N) is 1. The molecule has 0 fully saturated rings. The van der Waals surface area contributed by atoms with Crippen molar-refractivity contribution >= 4 is 16.9 Å². The molecule has 0 bridgehead atoms. The number of carbonyl (C=O) groups is 1. The summed E-state index contributed by atoms with van der Waals surface area (Å²) in [5.41, 5.74) is 2.20. The lowest BCUT2D eigenvalue weighted by atomic mass is 10.2. The third-order valence-electron chi connectivity index (χ3n) is 3.82. The second-order valence-electron chi connectivity index (χ2n) is 5.18. The van der Waals surface area contributed by atoms with Crippen LogP contribution in [0.5, 0.6) is 11.5 Å². The van der Waals surface area contributed by atoms with Crippen molar-refractivity contribution in [1.29, 1.82) is 0 Å². The van der Waals surface area contributed by atoms with Crippen molar-refractivity contribution in [1.82, 2.24) is 4.57 Å². The summed E-state index contributed by atoms with van der Waals surface area (Å²) in [6.45, 7) is 2.12. The Bertz CT molecular complexity index is 882. The Morgan fingerprint density at radius 1 is 1.00 bits per heavy atom. The zero-order valence-corrected chi connectivity index (χ0v) is 13.9. The predicted octanol–water partition coefficient (Wildman–Crippen LogP) is 3.82. The third-order valence-corrected chi connectivity index (χ3v) is 3.82. The summed E-state index contributed by atoms with van der Waals surface area (Å²) < 4.78 is 17.7. The van der Waals surface area contributed by atoms with E-state index in [-0.39, 0.29) is 5.97 Å². The van der Waals surface area contributed by atoms with E-state index >= 15 is 0 Å². The molecule has 2 aromatic carbocycles. The SMILES string of the molecule is CCOC(=O)c1cc2ccccc2n1-c1ccc(OC)c(OC)c1. The molecule has 5 heteroatoms. The average Bonchev–Trinajstić information content (AvgIpc) is 3.01. The predicted molar refractivity (Wildman–Crippen MR) is 92.3 cm³/mol. The highest BCUT2D eigenvalue weighted by Gasteiger charge is 2.18. The number of esters is 1. The first-order valence-electron chi connectivity index (χ1n) is 7.69. The summed E-state index contributed by atoms with van der Waals surface area (Å²) in [4.78, 5) is 12.4. The molecule has 0 N–H and O–H groups in total. The molecule has 1 heterocycles. The van der Waals surface area contributed by atoms with Gasteiger partial charge in [0.1, 0.15) is 5.69 Å². The lowest BCUT2D eigenvalue weighted by molar-refractivity contribution is 0.0517.